The average Bonchev–Trinajstić information content (AvgIpc) is 2.60. The smallest absolute Gasteiger partial charge is 0.269 e. The monoisotopic (exact) mass is 220 g/mol. The number of rotatable bonds is 2. The summed E-state index contributed by atoms with van der Waals surface area (Å²) in [4.78, 5) is 21.2. The molecule has 1 aliphatic carbocycles. The normalized spacial score (nSPS) is 17.9. The van der Waals surface area contributed by atoms with Crippen LogP contribution in [0.1, 0.15) is 30.5 Å². The van der Waals surface area contributed by atoms with E-state index in [2.05, 4.69) is 5.32 Å². The molecule has 2 rings (SSSR count). The maximum absolute atomic E-state index is 11.0. The fourth-order valence-electron chi connectivity index (χ4n) is 2.10. The molecule has 1 amide bonds. The first-order valence-electron chi connectivity index (χ1n) is 5.12. The maximum atomic E-state index is 11.0. The average molecular weight is 220 g/mol. The Labute approximate surface area is 92.6 Å². The number of hydrogen-bond acceptors (Lipinski definition) is 3. The van der Waals surface area contributed by atoms with Gasteiger partial charge in [-0.05, 0) is 24.0 Å². The Kier molecular flexibility index (Phi) is 2.60. The van der Waals surface area contributed by atoms with Crippen LogP contribution in [0.15, 0.2) is 18.2 Å². The van der Waals surface area contributed by atoms with Gasteiger partial charge in [0.25, 0.3) is 5.69 Å². The van der Waals surface area contributed by atoms with E-state index in [1.54, 1.807) is 12.1 Å². The topological polar surface area (TPSA) is 72.2 Å². The number of nitro groups is 1. The molecule has 1 N–H and O–H groups in total. The Hall–Kier alpha value is -1.91. The molecule has 0 aromatic heterocycles. The molecule has 0 heterocycles. The summed E-state index contributed by atoms with van der Waals surface area (Å²) in [5, 5.41) is 13.5. The summed E-state index contributed by atoms with van der Waals surface area (Å²) in [5.41, 5.74) is 2.05. The summed E-state index contributed by atoms with van der Waals surface area (Å²) < 4.78 is 0. The SMILES string of the molecule is CC(=O)NC1CCc2ccc([N+](=O)[O-])cc21. The van der Waals surface area contributed by atoms with Gasteiger partial charge in [0, 0.05) is 19.1 Å². The number of non-ortho nitro benzene ring substituents is 1. The van der Waals surface area contributed by atoms with E-state index in [1.165, 1.54) is 13.0 Å². The van der Waals surface area contributed by atoms with Crippen molar-refractivity contribution in [3.63, 3.8) is 0 Å². The highest BCUT2D eigenvalue weighted by molar-refractivity contribution is 5.73. The first kappa shape index (κ1) is 10.6. The molecule has 0 radical (unpaired) electrons. The van der Waals surface area contributed by atoms with E-state index in [4.69, 9.17) is 0 Å². The van der Waals surface area contributed by atoms with Crippen LogP contribution >= 0.6 is 0 Å². The number of carbonyl (C=O) groups is 1. The molecule has 1 unspecified atom stereocenters. The second kappa shape index (κ2) is 3.92. The second-order valence-corrected chi connectivity index (χ2v) is 3.93. The van der Waals surface area contributed by atoms with Crippen molar-refractivity contribution in [2.24, 2.45) is 0 Å². The number of fused-ring (bicyclic) bond motifs is 1. The summed E-state index contributed by atoms with van der Waals surface area (Å²) in [6, 6.07) is 4.76. The van der Waals surface area contributed by atoms with Crippen molar-refractivity contribution >= 4 is 11.6 Å². The number of aryl methyl sites for hydroxylation is 1. The second-order valence-electron chi connectivity index (χ2n) is 3.93. The Morgan fingerprint density at radius 1 is 1.56 bits per heavy atom. The lowest BCUT2D eigenvalue weighted by molar-refractivity contribution is -0.384. The molecule has 1 aromatic rings. The van der Waals surface area contributed by atoms with Gasteiger partial charge in [-0.3, -0.25) is 14.9 Å². The Balaban J connectivity index is 2.33. The fraction of sp³-hybridized carbons (Fsp3) is 0.364. The van der Waals surface area contributed by atoms with E-state index < -0.39 is 4.92 Å². The van der Waals surface area contributed by atoms with Gasteiger partial charge in [0.15, 0.2) is 0 Å². The van der Waals surface area contributed by atoms with Crippen molar-refractivity contribution in [1.82, 2.24) is 5.32 Å². The van der Waals surface area contributed by atoms with Crippen LogP contribution in [0, 0.1) is 10.1 Å². The number of nitro benzene ring substituents is 1. The molecule has 0 bridgehead atoms. The zero-order chi connectivity index (χ0) is 11.7. The van der Waals surface area contributed by atoms with Crippen LogP contribution in [0.5, 0.6) is 0 Å². The molecule has 0 saturated heterocycles. The lowest BCUT2D eigenvalue weighted by atomic mass is 10.1. The fourth-order valence-corrected chi connectivity index (χ4v) is 2.10. The van der Waals surface area contributed by atoms with Gasteiger partial charge < -0.3 is 5.32 Å². The molecule has 0 spiro atoms. The number of amides is 1. The van der Waals surface area contributed by atoms with Crippen LogP contribution in [0.25, 0.3) is 0 Å². The van der Waals surface area contributed by atoms with E-state index in [1.807, 2.05) is 0 Å². The zero-order valence-corrected chi connectivity index (χ0v) is 8.90. The molecule has 84 valence electrons. The standard InChI is InChI=1S/C11H12N2O3/c1-7(14)12-11-5-3-8-2-4-9(13(15)16)6-10(8)11/h2,4,6,11H,3,5H2,1H3,(H,12,14). The van der Waals surface area contributed by atoms with Gasteiger partial charge in [0.05, 0.1) is 11.0 Å². The van der Waals surface area contributed by atoms with E-state index in [9.17, 15) is 14.9 Å². The van der Waals surface area contributed by atoms with Crippen LogP contribution in [0.4, 0.5) is 5.69 Å². The lowest BCUT2D eigenvalue weighted by Gasteiger charge is -2.11. The third-order valence-electron chi connectivity index (χ3n) is 2.80. The highest BCUT2D eigenvalue weighted by Gasteiger charge is 2.25. The minimum atomic E-state index is -0.413. The Bertz CT molecular complexity index is 457. The van der Waals surface area contributed by atoms with Crippen molar-refractivity contribution < 1.29 is 9.72 Å². The number of nitrogens with zero attached hydrogens (tertiary/aromatic N) is 1. The van der Waals surface area contributed by atoms with E-state index in [0.29, 0.717) is 0 Å². The van der Waals surface area contributed by atoms with Gasteiger partial charge in [-0.1, -0.05) is 6.07 Å². The summed E-state index contributed by atoms with van der Waals surface area (Å²) in [6.07, 6.45) is 1.67. The minimum Gasteiger partial charge on any atom is -0.350 e. The highest BCUT2D eigenvalue weighted by Crippen LogP contribution is 2.33. The Morgan fingerprint density at radius 2 is 2.31 bits per heavy atom. The van der Waals surface area contributed by atoms with E-state index in [0.717, 1.165) is 24.0 Å². The number of nitrogens with one attached hydrogen (secondary N) is 1. The first-order valence-corrected chi connectivity index (χ1v) is 5.12. The molecule has 16 heavy (non-hydrogen) atoms. The third kappa shape index (κ3) is 1.88. The quantitative estimate of drug-likeness (QED) is 0.609. The highest BCUT2D eigenvalue weighted by atomic mass is 16.6. The first-order chi connectivity index (χ1) is 7.58. The molecular formula is C11H12N2O3. The van der Waals surface area contributed by atoms with Crippen molar-refractivity contribution in [3.8, 4) is 0 Å². The molecule has 5 heteroatoms. The van der Waals surface area contributed by atoms with Crippen LogP contribution < -0.4 is 5.32 Å². The summed E-state index contributed by atoms with van der Waals surface area (Å²) in [7, 11) is 0. The molecule has 1 aromatic carbocycles. The van der Waals surface area contributed by atoms with Crippen molar-refractivity contribution in [3.05, 3.63) is 39.4 Å². The number of hydrogen-bond donors (Lipinski definition) is 1. The van der Waals surface area contributed by atoms with Crippen LogP contribution in [-0.4, -0.2) is 10.8 Å². The molecule has 0 aliphatic heterocycles. The molecule has 5 nitrogen and oxygen atoms in total. The predicted molar refractivity (Wildman–Crippen MR) is 58.0 cm³/mol. The molecule has 0 fully saturated rings. The molecule has 1 atom stereocenters. The molecule has 1 aliphatic rings. The van der Waals surface area contributed by atoms with Crippen molar-refractivity contribution in [2.75, 3.05) is 0 Å². The van der Waals surface area contributed by atoms with Crippen LogP contribution in [0.3, 0.4) is 0 Å². The summed E-state index contributed by atoms with van der Waals surface area (Å²) in [6.45, 7) is 1.45. The van der Waals surface area contributed by atoms with Crippen LogP contribution in [0.2, 0.25) is 0 Å². The zero-order valence-electron chi connectivity index (χ0n) is 8.90. The van der Waals surface area contributed by atoms with Gasteiger partial charge in [-0.25, -0.2) is 0 Å². The van der Waals surface area contributed by atoms with Gasteiger partial charge in [0.1, 0.15) is 0 Å². The van der Waals surface area contributed by atoms with Gasteiger partial charge in [0.2, 0.25) is 5.91 Å². The third-order valence-corrected chi connectivity index (χ3v) is 2.80. The van der Waals surface area contributed by atoms with Crippen LogP contribution in [-0.2, 0) is 11.2 Å². The van der Waals surface area contributed by atoms with Crippen molar-refractivity contribution in [1.29, 1.82) is 0 Å². The summed E-state index contributed by atoms with van der Waals surface area (Å²) in [5.74, 6) is -0.107. The Morgan fingerprint density at radius 3 is 2.94 bits per heavy atom. The lowest BCUT2D eigenvalue weighted by Crippen LogP contribution is -2.24. The number of carbonyl (C=O) groups excluding carboxylic acids is 1. The van der Waals surface area contributed by atoms with Gasteiger partial charge in [-0.2, -0.15) is 0 Å². The summed E-state index contributed by atoms with van der Waals surface area (Å²) >= 11 is 0. The van der Waals surface area contributed by atoms with E-state index in [-0.39, 0.29) is 17.6 Å². The maximum Gasteiger partial charge on any atom is 0.269 e. The minimum absolute atomic E-state index is 0.0765. The number of benzene rings is 1. The van der Waals surface area contributed by atoms with E-state index >= 15 is 0 Å². The largest absolute Gasteiger partial charge is 0.350 e. The molecule has 0 saturated carbocycles. The van der Waals surface area contributed by atoms with Gasteiger partial charge in [-0.15, -0.1) is 0 Å². The van der Waals surface area contributed by atoms with Crippen molar-refractivity contribution in [2.45, 2.75) is 25.8 Å². The van der Waals surface area contributed by atoms with Gasteiger partial charge >= 0.3 is 0 Å². The predicted octanol–water partition coefficient (Wildman–Crippen LogP) is 1.72. The molecular weight excluding hydrogens is 208 g/mol.